The van der Waals surface area contributed by atoms with Crippen molar-refractivity contribution in [2.75, 3.05) is 6.54 Å². The summed E-state index contributed by atoms with van der Waals surface area (Å²) in [6.45, 7) is 2.21. The molecule has 0 radical (unpaired) electrons. The molecule has 9 nitrogen and oxygen atoms in total. The molecule has 5 atom stereocenters. The van der Waals surface area contributed by atoms with Crippen molar-refractivity contribution >= 4 is 12.0 Å². The molecule has 1 saturated heterocycles. The van der Waals surface area contributed by atoms with Gasteiger partial charge >= 0.3 is 6.09 Å². The fourth-order valence-corrected chi connectivity index (χ4v) is 2.95. The molecular weight excluding hydrogens is 380 g/mol. The Morgan fingerprint density at radius 1 is 1.03 bits per heavy atom. The van der Waals surface area contributed by atoms with Crippen molar-refractivity contribution in [3.8, 4) is 0 Å². The molecule has 0 bridgehead atoms. The van der Waals surface area contributed by atoms with Crippen LogP contribution in [-0.2, 0) is 20.9 Å². The molecule has 0 saturated carbocycles. The minimum Gasteiger partial charge on any atom is -0.445 e. The second-order valence-electron chi connectivity index (χ2n) is 7.10. The monoisotopic (exact) mass is 410 g/mol. The van der Waals surface area contributed by atoms with E-state index in [1.807, 2.05) is 30.3 Å². The van der Waals surface area contributed by atoms with Crippen LogP contribution in [0.15, 0.2) is 30.3 Å². The molecule has 2 rings (SSSR count). The van der Waals surface area contributed by atoms with Gasteiger partial charge in [-0.25, -0.2) is 4.79 Å². The quantitative estimate of drug-likeness (QED) is 0.372. The molecule has 162 valence electrons. The number of amides is 2. The van der Waals surface area contributed by atoms with Gasteiger partial charge in [0.25, 0.3) is 0 Å². The first-order chi connectivity index (χ1) is 13.9. The molecule has 0 unspecified atom stereocenters. The summed E-state index contributed by atoms with van der Waals surface area (Å²) in [4.78, 5) is 23.6. The van der Waals surface area contributed by atoms with E-state index in [2.05, 4.69) is 10.6 Å². The number of carbonyl (C=O) groups excluding carboxylic acids is 2. The van der Waals surface area contributed by atoms with E-state index in [0.717, 1.165) is 12.0 Å². The highest BCUT2D eigenvalue weighted by atomic mass is 16.6. The van der Waals surface area contributed by atoms with Gasteiger partial charge in [0.05, 0.1) is 6.10 Å². The molecule has 1 aliphatic rings. The van der Waals surface area contributed by atoms with Gasteiger partial charge < -0.3 is 35.4 Å². The van der Waals surface area contributed by atoms with Crippen molar-refractivity contribution in [2.24, 2.45) is 0 Å². The maximum absolute atomic E-state index is 12.0. The third kappa shape index (κ3) is 7.62. The fourth-order valence-electron chi connectivity index (χ4n) is 2.95. The smallest absolute Gasteiger partial charge is 0.407 e. The van der Waals surface area contributed by atoms with Gasteiger partial charge in [-0.1, -0.05) is 36.8 Å². The first-order valence-electron chi connectivity index (χ1n) is 9.82. The van der Waals surface area contributed by atoms with Crippen LogP contribution in [0, 0.1) is 0 Å². The number of aliphatic hydroxyl groups is 3. The van der Waals surface area contributed by atoms with E-state index in [9.17, 15) is 24.9 Å². The molecule has 1 aliphatic heterocycles. The van der Waals surface area contributed by atoms with E-state index < -0.39 is 36.7 Å². The lowest BCUT2D eigenvalue weighted by Crippen LogP contribution is -2.61. The van der Waals surface area contributed by atoms with Crippen molar-refractivity contribution in [1.82, 2.24) is 10.6 Å². The van der Waals surface area contributed by atoms with Crippen molar-refractivity contribution in [3.63, 3.8) is 0 Å². The molecule has 2 amide bonds. The summed E-state index contributed by atoms with van der Waals surface area (Å²) < 4.78 is 10.4. The number of nitrogens with one attached hydrogen (secondary N) is 2. The van der Waals surface area contributed by atoms with Crippen LogP contribution < -0.4 is 10.6 Å². The van der Waals surface area contributed by atoms with Crippen LogP contribution in [-0.4, -0.2) is 64.5 Å². The highest BCUT2D eigenvalue weighted by Crippen LogP contribution is 2.19. The summed E-state index contributed by atoms with van der Waals surface area (Å²) in [6.07, 6.45) is -3.99. The largest absolute Gasteiger partial charge is 0.445 e. The Labute approximate surface area is 170 Å². The average molecular weight is 410 g/mol. The topological polar surface area (TPSA) is 137 Å². The lowest BCUT2D eigenvalue weighted by Gasteiger charge is -2.39. The van der Waals surface area contributed by atoms with Gasteiger partial charge in [-0.2, -0.15) is 0 Å². The van der Waals surface area contributed by atoms with Gasteiger partial charge in [0.2, 0.25) is 5.91 Å². The lowest BCUT2D eigenvalue weighted by molar-refractivity contribution is -0.224. The summed E-state index contributed by atoms with van der Waals surface area (Å²) >= 11 is 0. The Bertz CT molecular complexity index is 643. The SMILES string of the molecule is C[C@H]1O[C@H](NC(=O)CCCCCNC(=O)OCc2ccccc2)[C@H](O)[C@@H](O)[C@@H]1O. The van der Waals surface area contributed by atoms with E-state index in [1.165, 1.54) is 0 Å². The van der Waals surface area contributed by atoms with E-state index in [4.69, 9.17) is 9.47 Å². The van der Waals surface area contributed by atoms with E-state index in [-0.39, 0.29) is 18.9 Å². The highest BCUT2D eigenvalue weighted by Gasteiger charge is 2.42. The number of hydrogen-bond acceptors (Lipinski definition) is 7. The fraction of sp³-hybridized carbons (Fsp3) is 0.600. The van der Waals surface area contributed by atoms with Crippen LogP contribution >= 0.6 is 0 Å². The van der Waals surface area contributed by atoms with Crippen molar-refractivity contribution in [3.05, 3.63) is 35.9 Å². The van der Waals surface area contributed by atoms with Gasteiger partial charge in [0.15, 0.2) is 6.23 Å². The minimum atomic E-state index is -1.39. The molecule has 0 aliphatic carbocycles. The Hall–Kier alpha value is -2.20. The number of ether oxygens (including phenoxy) is 2. The average Bonchev–Trinajstić information content (AvgIpc) is 2.72. The van der Waals surface area contributed by atoms with Crippen LogP contribution in [0.4, 0.5) is 4.79 Å². The van der Waals surface area contributed by atoms with E-state index in [0.29, 0.717) is 19.4 Å². The molecule has 1 aromatic rings. The zero-order chi connectivity index (χ0) is 21.2. The Balaban J connectivity index is 1.52. The number of hydrogen-bond donors (Lipinski definition) is 5. The summed E-state index contributed by atoms with van der Waals surface area (Å²) in [5, 5.41) is 34.4. The number of unbranched alkanes of at least 4 members (excludes halogenated alkanes) is 2. The Morgan fingerprint density at radius 2 is 1.76 bits per heavy atom. The number of benzene rings is 1. The second-order valence-corrected chi connectivity index (χ2v) is 7.10. The van der Waals surface area contributed by atoms with E-state index >= 15 is 0 Å². The zero-order valence-corrected chi connectivity index (χ0v) is 16.5. The summed E-state index contributed by atoms with van der Waals surface area (Å²) in [5.74, 6) is -0.319. The molecule has 1 heterocycles. The first kappa shape index (κ1) is 23.1. The molecular formula is C20H30N2O7. The third-order valence-electron chi connectivity index (χ3n) is 4.72. The van der Waals surface area contributed by atoms with Gasteiger partial charge in [-0.05, 0) is 25.3 Å². The zero-order valence-electron chi connectivity index (χ0n) is 16.5. The third-order valence-corrected chi connectivity index (χ3v) is 4.72. The van der Waals surface area contributed by atoms with Crippen LogP contribution in [0.2, 0.25) is 0 Å². The first-order valence-corrected chi connectivity index (χ1v) is 9.82. The molecule has 0 aromatic heterocycles. The summed E-state index contributed by atoms with van der Waals surface area (Å²) in [7, 11) is 0. The highest BCUT2D eigenvalue weighted by molar-refractivity contribution is 5.76. The molecule has 1 fully saturated rings. The summed E-state index contributed by atoms with van der Waals surface area (Å²) in [5.41, 5.74) is 0.914. The predicted octanol–water partition coefficient (Wildman–Crippen LogP) is 0.417. The van der Waals surface area contributed by atoms with Gasteiger partial charge in [0, 0.05) is 13.0 Å². The molecule has 29 heavy (non-hydrogen) atoms. The number of alkyl carbamates (subject to hydrolysis) is 1. The molecule has 9 heteroatoms. The van der Waals surface area contributed by atoms with Crippen LogP contribution in [0.5, 0.6) is 0 Å². The maximum Gasteiger partial charge on any atom is 0.407 e. The lowest BCUT2D eigenvalue weighted by atomic mass is 9.99. The van der Waals surface area contributed by atoms with Gasteiger partial charge in [-0.15, -0.1) is 0 Å². The number of rotatable bonds is 9. The van der Waals surface area contributed by atoms with Crippen molar-refractivity contribution in [2.45, 2.75) is 69.9 Å². The van der Waals surface area contributed by atoms with Crippen LogP contribution in [0.1, 0.15) is 38.2 Å². The molecule has 1 aromatic carbocycles. The minimum absolute atomic E-state index is 0.215. The van der Waals surface area contributed by atoms with Crippen molar-refractivity contribution < 1.29 is 34.4 Å². The standard InChI is InChI=1S/C20H30N2O7/c1-13-16(24)17(25)18(26)19(29-13)22-15(23)10-6-3-7-11-21-20(27)28-12-14-8-4-2-5-9-14/h2,4-5,8-9,13,16-19,24-26H,3,6-7,10-12H2,1H3,(H,21,27)(H,22,23)/t13-,16-,17+,18-,19+/m1/s1. The molecule has 5 N–H and O–H groups in total. The van der Waals surface area contributed by atoms with Crippen LogP contribution in [0.3, 0.4) is 0 Å². The van der Waals surface area contributed by atoms with Crippen molar-refractivity contribution in [1.29, 1.82) is 0 Å². The normalized spacial score (nSPS) is 26.6. The number of carbonyl (C=O) groups is 2. The number of aliphatic hydroxyl groups excluding tert-OH is 3. The second kappa shape index (κ2) is 11.7. The predicted molar refractivity (Wildman–Crippen MR) is 104 cm³/mol. The van der Waals surface area contributed by atoms with Crippen LogP contribution in [0.25, 0.3) is 0 Å². The molecule has 0 spiro atoms. The summed E-state index contributed by atoms with van der Waals surface area (Å²) in [6, 6.07) is 9.39. The Kier molecular flexibility index (Phi) is 9.33. The Morgan fingerprint density at radius 3 is 2.48 bits per heavy atom. The van der Waals surface area contributed by atoms with E-state index in [1.54, 1.807) is 6.92 Å². The maximum atomic E-state index is 12.0. The van der Waals surface area contributed by atoms with Gasteiger partial charge in [0.1, 0.15) is 24.9 Å². The van der Waals surface area contributed by atoms with Gasteiger partial charge in [-0.3, -0.25) is 4.79 Å².